The van der Waals surface area contributed by atoms with Gasteiger partial charge in [0, 0.05) is 6.54 Å². The number of nitrogens with one attached hydrogen (secondary N) is 2. The number of aryl methyl sites for hydroxylation is 1. The third-order valence-electron chi connectivity index (χ3n) is 4.63. The van der Waals surface area contributed by atoms with Crippen LogP contribution in [0.3, 0.4) is 0 Å². The standard InChI is InChI=1S/C22H38N2O3/c1-2-3-4-5-6-7-8-9-10-11-19-27-22(26)24-23-18-12-13-20-14-16-21(25)17-15-20/h14-17,23,25H,2-13,18-19H2,1H3,(H,24,26). The molecule has 3 N–H and O–H groups in total. The fourth-order valence-corrected chi connectivity index (χ4v) is 2.97. The summed E-state index contributed by atoms with van der Waals surface area (Å²) in [6.07, 6.45) is 14.1. The lowest BCUT2D eigenvalue weighted by Gasteiger charge is -2.08. The van der Waals surface area contributed by atoms with Gasteiger partial charge in [0.05, 0.1) is 6.61 Å². The van der Waals surface area contributed by atoms with E-state index < -0.39 is 6.09 Å². The maximum atomic E-state index is 11.6. The summed E-state index contributed by atoms with van der Waals surface area (Å²) in [5.74, 6) is 0.281. The summed E-state index contributed by atoms with van der Waals surface area (Å²) in [7, 11) is 0. The van der Waals surface area contributed by atoms with Crippen molar-refractivity contribution in [1.29, 1.82) is 0 Å². The van der Waals surface area contributed by atoms with Crippen molar-refractivity contribution >= 4 is 6.09 Å². The third-order valence-corrected chi connectivity index (χ3v) is 4.63. The molecule has 0 aliphatic carbocycles. The van der Waals surface area contributed by atoms with E-state index in [4.69, 9.17) is 4.74 Å². The van der Waals surface area contributed by atoms with Crippen LogP contribution in [-0.4, -0.2) is 24.4 Å². The second-order valence-electron chi connectivity index (χ2n) is 7.14. The van der Waals surface area contributed by atoms with E-state index in [1.165, 1.54) is 51.4 Å². The van der Waals surface area contributed by atoms with Crippen LogP contribution in [0.15, 0.2) is 24.3 Å². The molecular weight excluding hydrogens is 340 g/mol. The fourth-order valence-electron chi connectivity index (χ4n) is 2.97. The summed E-state index contributed by atoms with van der Waals surface area (Å²) in [4.78, 5) is 11.6. The molecule has 1 amide bonds. The molecule has 5 heteroatoms. The number of benzene rings is 1. The molecule has 0 saturated carbocycles. The second kappa shape index (κ2) is 16.4. The Hall–Kier alpha value is -1.75. The highest BCUT2D eigenvalue weighted by Crippen LogP contribution is 2.11. The Bertz CT molecular complexity index is 477. The van der Waals surface area contributed by atoms with E-state index in [9.17, 15) is 9.90 Å². The van der Waals surface area contributed by atoms with Crippen LogP contribution in [0, 0.1) is 0 Å². The minimum Gasteiger partial charge on any atom is -0.508 e. The predicted octanol–water partition coefficient (Wildman–Crippen LogP) is 5.48. The number of amides is 1. The quantitative estimate of drug-likeness (QED) is 0.263. The van der Waals surface area contributed by atoms with Gasteiger partial charge in [0.15, 0.2) is 0 Å². The van der Waals surface area contributed by atoms with Gasteiger partial charge in [0.2, 0.25) is 0 Å². The lowest BCUT2D eigenvalue weighted by atomic mass is 10.1. The number of hydrogen-bond acceptors (Lipinski definition) is 4. The first-order valence-electron chi connectivity index (χ1n) is 10.7. The molecule has 0 bridgehead atoms. The highest BCUT2D eigenvalue weighted by atomic mass is 16.6. The minimum absolute atomic E-state index is 0.281. The van der Waals surface area contributed by atoms with Gasteiger partial charge in [-0.1, -0.05) is 76.8 Å². The van der Waals surface area contributed by atoms with Crippen molar-refractivity contribution in [2.45, 2.75) is 84.0 Å². The number of carbonyl (C=O) groups excluding carboxylic acids is 1. The molecule has 5 nitrogen and oxygen atoms in total. The van der Waals surface area contributed by atoms with Gasteiger partial charge in [-0.25, -0.2) is 10.2 Å². The first-order valence-corrected chi connectivity index (χ1v) is 10.7. The van der Waals surface area contributed by atoms with Crippen molar-refractivity contribution in [3.63, 3.8) is 0 Å². The van der Waals surface area contributed by atoms with Crippen molar-refractivity contribution in [3.8, 4) is 5.75 Å². The highest BCUT2D eigenvalue weighted by Gasteiger charge is 2.01. The maximum Gasteiger partial charge on any atom is 0.421 e. The molecule has 0 unspecified atom stereocenters. The van der Waals surface area contributed by atoms with Crippen molar-refractivity contribution in [2.24, 2.45) is 0 Å². The van der Waals surface area contributed by atoms with E-state index in [0.717, 1.165) is 31.2 Å². The summed E-state index contributed by atoms with van der Waals surface area (Å²) in [6.45, 7) is 3.41. The Morgan fingerprint density at radius 1 is 0.889 bits per heavy atom. The zero-order valence-corrected chi connectivity index (χ0v) is 17.0. The van der Waals surface area contributed by atoms with Crippen LogP contribution in [0.4, 0.5) is 4.79 Å². The molecule has 0 aliphatic heterocycles. The van der Waals surface area contributed by atoms with Crippen LogP contribution in [0.2, 0.25) is 0 Å². The number of phenolic OH excluding ortho intramolecular Hbond substituents is 1. The Morgan fingerprint density at radius 2 is 1.48 bits per heavy atom. The van der Waals surface area contributed by atoms with E-state index in [0.29, 0.717) is 13.2 Å². The Balaban J connectivity index is 1.82. The Labute approximate surface area is 164 Å². The first kappa shape index (κ1) is 23.3. The molecule has 0 saturated heterocycles. The summed E-state index contributed by atoms with van der Waals surface area (Å²) < 4.78 is 5.15. The molecule has 0 radical (unpaired) electrons. The average molecular weight is 379 g/mol. The number of carbonyl (C=O) groups is 1. The van der Waals surface area contributed by atoms with Gasteiger partial charge in [-0.2, -0.15) is 0 Å². The van der Waals surface area contributed by atoms with Crippen LogP contribution >= 0.6 is 0 Å². The van der Waals surface area contributed by atoms with Crippen molar-refractivity contribution in [3.05, 3.63) is 29.8 Å². The van der Waals surface area contributed by atoms with Crippen LogP contribution < -0.4 is 10.9 Å². The summed E-state index contributed by atoms with van der Waals surface area (Å²) in [5.41, 5.74) is 6.61. The predicted molar refractivity (Wildman–Crippen MR) is 111 cm³/mol. The normalized spacial score (nSPS) is 10.7. The zero-order chi connectivity index (χ0) is 19.6. The second-order valence-corrected chi connectivity index (χ2v) is 7.14. The number of aromatic hydroxyl groups is 1. The Morgan fingerprint density at radius 3 is 2.11 bits per heavy atom. The highest BCUT2D eigenvalue weighted by molar-refractivity contribution is 5.66. The molecule has 0 heterocycles. The maximum absolute atomic E-state index is 11.6. The summed E-state index contributed by atoms with van der Waals surface area (Å²) in [5, 5.41) is 9.23. The molecule has 27 heavy (non-hydrogen) atoms. The molecule has 0 aromatic heterocycles. The van der Waals surface area contributed by atoms with Crippen molar-refractivity contribution in [1.82, 2.24) is 10.9 Å². The van der Waals surface area contributed by atoms with Gasteiger partial charge in [0.1, 0.15) is 5.75 Å². The molecule has 1 aromatic rings. The van der Waals surface area contributed by atoms with Gasteiger partial charge in [-0.3, -0.25) is 5.43 Å². The summed E-state index contributed by atoms with van der Waals surface area (Å²) in [6, 6.07) is 7.19. The number of unbranched alkanes of at least 4 members (excludes halogenated alkanes) is 9. The van der Waals surface area contributed by atoms with Gasteiger partial charge < -0.3 is 9.84 Å². The van der Waals surface area contributed by atoms with E-state index >= 15 is 0 Å². The lowest BCUT2D eigenvalue weighted by Crippen LogP contribution is -2.38. The average Bonchev–Trinajstić information content (AvgIpc) is 2.67. The van der Waals surface area contributed by atoms with Crippen LogP contribution in [0.5, 0.6) is 5.75 Å². The smallest absolute Gasteiger partial charge is 0.421 e. The van der Waals surface area contributed by atoms with Gasteiger partial charge in [0.25, 0.3) is 0 Å². The van der Waals surface area contributed by atoms with Gasteiger partial charge in [-0.05, 0) is 37.0 Å². The van der Waals surface area contributed by atoms with E-state index in [2.05, 4.69) is 17.8 Å². The largest absolute Gasteiger partial charge is 0.508 e. The molecule has 1 rings (SSSR count). The summed E-state index contributed by atoms with van der Waals surface area (Å²) >= 11 is 0. The number of hydrazine groups is 1. The molecule has 0 fully saturated rings. The van der Waals surface area contributed by atoms with Gasteiger partial charge >= 0.3 is 6.09 Å². The monoisotopic (exact) mass is 378 g/mol. The van der Waals surface area contributed by atoms with Crippen LogP contribution in [-0.2, 0) is 11.2 Å². The molecular formula is C22H38N2O3. The van der Waals surface area contributed by atoms with E-state index in [1.807, 2.05) is 12.1 Å². The molecule has 0 aliphatic rings. The van der Waals surface area contributed by atoms with Crippen LogP contribution in [0.1, 0.15) is 83.1 Å². The third kappa shape index (κ3) is 14.0. The zero-order valence-electron chi connectivity index (χ0n) is 17.0. The molecule has 0 spiro atoms. The Kier molecular flexibility index (Phi) is 14.2. The number of hydrogen-bond donors (Lipinski definition) is 3. The van der Waals surface area contributed by atoms with Crippen molar-refractivity contribution in [2.75, 3.05) is 13.2 Å². The van der Waals surface area contributed by atoms with Crippen molar-refractivity contribution < 1.29 is 14.6 Å². The van der Waals surface area contributed by atoms with Gasteiger partial charge in [-0.15, -0.1) is 0 Å². The lowest BCUT2D eigenvalue weighted by molar-refractivity contribution is 0.139. The number of rotatable bonds is 16. The SMILES string of the molecule is CCCCCCCCCCCCOC(=O)NNCCCc1ccc(O)cc1. The molecule has 0 atom stereocenters. The number of phenols is 1. The molecule has 154 valence electrons. The van der Waals surface area contributed by atoms with E-state index in [-0.39, 0.29) is 5.75 Å². The van der Waals surface area contributed by atoms with Crippen LogP contribution in [0.25, 0.3) is 0 Å². The van der Waals surface area contributed by atoms with E-state index in [1.54, 1.807) is 12.1 Å². The fraction of sp³-hybridized carbons (Fsp3) is 0.682. The molecule has 1 aromatic carbocycles. The number of ether oxygens (including phenoxy) is 1. The topological polar surface area (TPSA) is 70.6 Å². The first-order chi connectivity index (χ1) is 13.2. The minimum atomic E-state index is -0.407.